The van der Waals surface area contributed by atoms with Crippen LogP contribution in [-0.2, 0) is 29.0 Å². The number of fused-ring (bicyclic) bond motifs is 1. The molecule has 6 nitrogen and oxygen atoms in total. The normalized spacial score (nSPS) is 13.0. The largest absolute Gasteiger partial charge is 0.416 e. The number of carbonyl (C=O) groups is 1. The number of hydrogen-bond acceptors (Lipinski definition) is 4. The van der Waals surface area contributed by atoms with E-state index in [0.29, 0.717) is 25.7 Å². The van der Waals surface area contributed by atoms with E-state index in [-0.39, 0.29) is 34.7 Å². The third kappa shape index (κ3) is 6.92. The standard InChI is InChI=1S/C29H27F4IN2O4S/c1-2-41(39,40)24-8-4-18(5-9-24)26(17-37)35-28(38)20-6-10-27-21(13-20)15-23(36(27)12-11-30)14-19-3-7-22(34)16-25(19)29(31,32)33/h3-10,13,15-16,26,37H,2,11-12,14,17H2,1H3,(H,35,38). The highest BCUT2D eigenvalue weighted by molar-refractivity contribution is 14.1. The molecule has 1 amide bonds. The topological polar surface area (TPSA) is 88.4 Å². The second-order valence-electron chi connectivity index (χ2n) is 9.41. The molecule has 4 rings (SSSR count). The van der Waals surface area contributed by atoms with Crippen LogP contribution in [0.4, 0.5) is 17.6 Å². The van der Waals surface area contributed by atoms with Crippen molar-refractivity contribution in [2.24, 2.45) is 0 Å². The minimum atomic E-state index is -4.55. The van der Waals surface area contributed by atoms with E-state index in [1.165, 1.54) is 43.3 Å². The van der Waals surface area contributed by atoms with Crippen LogP contribution in [0.5, 0.6) is 0 Å². The fourth-order valence-corrected chi connectivity index (χ4v) is 6.05. The molecule has 3 aromatic carbocycles. The van der Waals surface area contributed by atoms with Gasteiger partial charge in [-0.3, -0.25) is 4.79 Å². The summed E-state index contributed by atoms with van der Waals surface area (Å²) >= 11 is 1.82. The Hall–Kier alpha value is -2.97. The lowest BCUT2D eigenvalue weighted by molar-refractivity contribution is -0.138. The van der Waals surface area contributed by atoms with Crippen LogP contribution in [0, 0.1) is 3.57 Å². The summed E-state index contributed by atoms with van der Waals surface area (Å²) in [6, 6.07) is 15.5. The van der Waals surface area contributed by atoms with Crippen LogP contribution in [0.3, 0.4) is 0 Å². The Morgan fingerprint density at radius 3 is 2.37 bits per heavy atom. The molecule has 2 N–H and O–H groups in total. The SMILES string of the molecule is CCS(=O)(=O)c1ccc(C(CO)NC(=O)c2ccc3c(c2)cc(Cc2ccc(I)cc2C(F)(F)F)n3CCF)cc1. The molecule has 12 heteroatoms. The number of nitrogens with one attached hydrogen (secondary N) is 1. The van der Waals surface area contributed by atoms with Crippen molar-refractivity contribution in [1.29, 1.82) is 0 Å². The number of halogens is 5. The Labute approximate surface area is 248 Å². The first-order valence-electron chi connectivity index (χ1n) is 12.7. The Bertz CT molecular complexity index is 1670. The molecule has 0 fully saturated rings. The van der Waals surface area contributed by atoms with E-state index in [2.05, 4.69) is 5.32 Å². The number of sulfone groups is 1. The number of benzene rings is 3. The Kier molecular flexibility index (Phi) is 9.44. The third-order valence-corrected chi connectivity index (χ3v) is 9.24. The first-order chi connectivity index (χ1) is 19.4. The van der Waals surface area contributed by atoms with Gasteiger partial charge in [0.05, 0.1) is 35.4 Å². The van der Waals surface area contributed by atoms with Gasteiger partial charge in [0.25, 0.3) is 5.91 Å². The lowest BCUT2D eigenvalue weighted by Crippen LogP contribution is -2.30. The summed E-state index contributed by atoms with van der Waals surface area (Å²) in [5.74, 6) is -0.578. The Balaban J connectivity index is 1.62. The second-order valence-corrected chi connectivity index (χ2v) is 12.9. The van der Waals surface area contributed by atoms with Gasteiger partial charge in [0, 0.05) is 32.2 Å². The van der Waals surface area contributed by atoms with Crippen LogP contribution in [0.2, 0.25) is 0 Å². The molecule has 1 unspecified atom stereocenters. The molecule has 0 bridgehead atoms. The van der Waals surface area contributed by atoms with E-state index in [4.69, 9.17) is 0 Å². The summed E-state index contributed by atoms with van der Waals surface area (Å²) in [5.41, 5.74) is 1.08. The molecule has 1 aromatic heterocycles. The van der Waals surface area contributed by atoms with Crippen molar-refractivity contribution in [2.75, 3.05) is 19.0 Å². The van der Waals surface area contributed by atoms with Gasteiger partial charge in [-0.2, -0.15) is 13.2 Å². The van der Waals surface area contributed by atoms with E-state index < -0.39 is 46.8 Å². The lowest BCUT2D eigenvalue weighted by atomic mass is 10.0. The average molecular weight is 703 g/mol. The highest BCUT2D eigenvalue weighted by Crippen LogP contribution is 2.35. The molecule has 0 aliphatic carbocycles. The zero-order chi connectivity index (χ0) is 29.9. The van der Waals surface area contributed by atoms with Gasteiger partial charge < -0.3 is 15.0 Å². The van der Waals surface area contributed by atoms with Crippen LogP contribution in [-0.4, -0.2) is 43.0 Å². The molecule has 0 aliphatic rings. The van der Waals surface area contributed by atoms with Gasteiger partial charge in [-0.1, -0.05) is 25.1 Å². The number of aryl methyl sites for hydroxylation is 1. The monoisotopic (exact) mass is 702 g/mol. The van der Waals surface area contributed by atoms with Gasteiger partial charge in [-0.25, -0.2) is 12.8 Å². The lowest BCUT2D eigenvalue weighted by Gasteiger charge is -2.17. The predicted octanol–water partition coefficient (Wildman–Crippen LogP) is 6.08. The van der Waals surface area contributed by atoms with E-state index in [1.807, 2.05) is 22.6 Å². The Morgan fingerprint density at radius 2 is 1.76 bits per heavy atom. The van der Waals surface area contributed by atoms with E-state index in [9.17, 15) is 35.9 Å². The molecular weight excluding hydrogens is 675 g/mol. The second kappa shape index (κ2) is 12.5. The maximum atomic E-state index is 13.7. The summed E-state index contributed by atoms with van der Waals surface area (Å²) in [6.45, 7) is 0.302. The highest BCUT2D eigenvalue weighted by Gasteiger charge is 2.33. The van der Waals surface area contributed by atoms with Crippen molar-refractivity contribution < 1.29 is 35.9 Å². The zero-order valence-electron chi connectivity index (χ0n) is 21.9. The summed E-state index contributed by atoms with van der Waals surface area (Å²) in [7, 11) is -3.40. The number of aromatic nitrogens is 1. The predicted molar refractivity (Wildman–Crippen MR) is 156 cm³/mol. The number of carbonyl (C=O) groups excluding carboxylic acids is 1. The molecule has 0 radical (unpaired) electrons. The van der Waals surface area contributed by atoms with Crippen LogP contribution in [0.1, 0.15) is 45.7 Å². The molecule has 1 heterocycles. The summed E-state index contributed by atoms with van der Waals surface area (Å²) < 4.78 is 80.8. The van der Waals surface area contributed by atoms with E-state index in [1.54, 1.807) is 28.8 Å². The fourth-order valence-electron chi connectivity index (χ4n) is 4.68. The zero-order valence-corrected chi connectivity index (χ0v) is 24.9. The number of aliphatic hydroxyl groups is 1. The van der Waals surface area contributed by atoms with Crippen molar-refractivity contribution in [3.63, 3.8) is 0 Å². The summed E-state index contributed by atoms with van der Waals surface area (Å²) in [6.07, 6.45) is -4.63. The molecule has 0 saturated heterocycles. The van der Waals surface area contributed by atoms with Crippen LogP contribution in [0.25, 0.3) is 10.9 Å². The smallest absolute Gasteiger partial charge is 0.394 e. The summed E-state index contributed by atoms with van der Waals surface area (Å²) in [5, 5.41) is 13.2. The quantitative estimate of drug-likeness (QED) is 0.155. The molecule has 0 saturated carbocycles. The molecule has 0 aliphatic heterocycles. The molecule has 218 valence electrons. The maximum absolute atomic E-state index is 13.7. The maximum Gasteiger partial charge on any atom is 0.416 e. The van der Waals surface area contributed by atoms with Gasteiger partial charge in [0.2, 0.25) is 0 Å². The number of hydrogen-bond donors (Lipinski definition) is 2. The van der Waals surface area contributed by atoms with E-state index in [0.717, 1.165) is 6.07 Å². The van der Waals surface area contributed by atoms with E-state index >= 15 is 0 Å². The first kappa shape index (κ1) is 31.0. The Morgan fingerprint density at radius 1 is 1.05 bits per heavy atom. The van der Waals surface area contributed by atoms with Gasteiger partial charge >= 0.3 is 6.18 Å². The van der Waals surface area contributed by atoms with Crippen LogP contribution in [0.15, 0.2) is 71.6 Å². The van der Waals surface area contributed by atoms with Gasteiger partial charge in [-0.05, 0) is 82.2 Å². The minimum absolute atomic E-state index is 0.0576. The number of nitrogens with zero attached hydrogens (tertiary/aromatic N) is 1. The first-order valence-corrected chi connectivity index (χ1v) is 15.4. The number of aliphatic hydroxyl groups excluding tert-OH is 1. The van der Waals surface area contributed by atoms with Gasteiger partial charge in [0.15, 0.2) is 9.84 Å². The van der Waals surface area contributed by atoms with Gasteiger partial charge in [-0.15, -0.1) is 0 Å². The molecular formula is C29H27F4IN2O4S. The van der Waals surface area contributed by atoms with Crippen molar-refractivity contribution in [1.82, 2.24) is 9.88 Å². The molecule has 0 spiro atoms. The number of rotatable bonds is 10. The van der Waals surface area contributed by atoms with Crippen molar-refractivity contribution in [3.8, 4) is 0 Å². The summed E-state index contributed by atoms with van der Waals surface area (Å²) in [4.78, 5) is 13.2. The molecule has 1 atom stereocenters. The number of alkyl halides is 4. The van der Waals surface area contributed by atoms with Crippen molar-refractivity contribution >= 4 is 49.2 Å². The van der Waals surface area contributed by atoms with Crippen LogP contribution < -0.4 is 5.32 Å². The van der Waals surface area contributed by atoms with Gasteiger partial charge in [0.1, 0.15) is 6.67 Å². The number of amides is 1. The molecule has 4 aromatic rings. The van der Waals surface area contributed by atoms with Crippen LogP contribution >= 0.6 is 22.6 Å². The van der Waals surface area contributed by atoms with Crippen molar-refractivity contribution in [2.45, 2.75) is 37.0 Å². The average Bonchev–Trinajstić information content (AvgIpc) is 3.28. The minimum Gasteiger partial charge on any atom is -0.394 e. The fraction of sp³-hybridized carbons (Fsp3) is 0.276. The molecule has 41 heavy (non-hydrogen) atoms. The third-order valence-electron chi connectivity index (χ3n) is 6.82. The highest BCUT2D eigenvalue weighted by atomic mass is 127. The van der Waals surface area contributed by atoms with Crippen molar-refractivity contribution in [3.05, 3.63) is 98.2 Å².